The number of para-hydroxylation sites is 1. The molecule has 1 amide bonds. The normalized spacial score (nSPS) is 10.7. The smallest absolute Gasteiger partial charge is 0.291 e. The van der Waals surface area contributed by atoms with Crippen molar-refractivity contribution >= 4 is 12.1 Å². The Morgan fingerprint density at radius 3 is 2.67 bits per heavy atom. The van der Waals surface area contributed by atoms with E-state index in [0.29, 0.717) is 11.4 Å². The number of ether oxygens (including phenoxy) is 1. The second kappa shape index (κ2) is 7.23. The molecule has 0 unspecified atom stereocenters. The Labute approximate surface area is 139 Å². The molecule has 6 nitrogen and oxygen atoms in total. The number of benzene rings is 2. The van der Waals surface area contributed by atoms with Crippen LogP contribution in [-0.4, -0.2) is 21.9 Å². The van der Waals surface area contributed by atoms with Gasteiger partial charge in [-0.25, -0.2) is 5.43 Å². The molecule has 0 spiro atoms. The first-order valence-corrected chi connectivity index (χ1v) is 7.37. The van der Waals surface area contributed by atoms with Gasteiger partial charge in [-0.3, -0.25) is 9.48 Å². The van der Waals surface area contributed by atoms with Crippen LogP contribution < -0.4 is 10.2 Å². The predicted molar refractivity (Wildman–Crippen MR) is 91.2 cm³/mol. The van der Waals surface area contributed by atoms with Crippen LogP contribution in [0.25, 0.3) is 0 Å². The number of nitrogens with zero attached hydrogens (tertiary/aromatic N) is 3. The van der Waals surface area contributed by atoms with Gasteiger partial charge in [-0.05, 0) is 35.9 Å². The first kappa shape index (κ1) is 15.5. The number of carbonyl (C=O) groups excluding carboxylic acids is 1. The third kappa shape index (κ3) is 4.07. The topological polar surface area (TPSA) is 68.5 Å². The number of hydrazone groups is 1. The summed E-state index contributed by atoms with van der Waals surface area (Å²) < 4.78 is 7.32. The number of amides is 1. The van der Waals surface area contributed by atoms with Crippen molar-refractivity contribution < 1.29 is 9.53 Å². The molecule has 0 saturated heterocycles. The van der Waals surface area contributed by atoms with E-state index in [2.05, 4.69) is 15.6 Å². The number of rotatable bonds is 5. The largest absolute Gasteiger partial charge is 0.457 e. The van der Waals surface area contributed by atoms with E-state index in [1.165, 1.54) is 0 Å². The second-order valence-electron chi connectivity index (χ2n) is 5.06. The molecule has 0 aliphatic heterocycles. The quantitative estimate of drug-likeness (QED) is 0.580. The third-order valence-electron chi connectivity index (χ3n) is 3.16. The van der Waals surface area contributed by atoms with Crippen LogP contribution in [0.1, 0.15) is 16.1 Å². The third-order valence-corrected chi connectivity index (χ3v) is 3.16. The average Bonchev–Trinajstić information content (AvgIpc) is 3.03. The van der Waals surface area contributed by atoms with Crippen LogP contribution in [0, 0.1) is 0 Å². The first-order valence-electron chi connectivity index (χ1n) is 7.37. The van der Waals surface area contributed by atoms with Crippen LogP contribution in [0.4, 0.5) is 0 Å². The molecular formula is C18H16N4O2. The summed E-state index contributed by atoms with van der Waals surface area (Å²) in [6, 6.07) is 18.6. The molecule has 3 aromatic rings. The van der Waals surface area contributed by atoms with Gasteiger partial charge in [-0.1, -0.05) is 30.3 Å². The van der Waals surface area contributed by atoms with Crippen LogP contribution in [0.5, 0.6) is 11.5 Å². The lowest BCUT2D eigenvalue weighted by Gasteiger charge is -2.05. The number of hydrogen-bond acceptors (Lipinski definition) is 4. The van der Waals surface area contributed by atoms with E-state index >= 15 is 0 Å². The van der Waals surface area contributed by atoms with Crippen LogP contribution in [-0.2, 0) is 7.05 Å². The highest BCUT2D eigenvalue weighted by Crippen LogP contribution is 2.21. The Morgan fingerprint density at radius 1 is 1.12 bits per heavy atom. The number of carbonyl (C=O) groups is 1. The molecule has 0 aliphatic rings. The van der Waals surface area contributed by atoms with Crippen LogP contribution in [0.3, 0.4) is 0 Å². The molecular weight excluding hydrogens is 304 g/mol. The van der Waals surface area contributed by atoms with E-state index in [-0.39, 0.29) is 5.91 Å². The lowest BCUT2D eigenvalue weighted by Crippen LogP contribution is -2.18. The Balaban J connectivity index is 1.63. The summed E-state index contributed by atoms with van der Waals surface area (Å²) in [5, 5.41) is 7.95. The maximum atomic E-state index is 11.8. The van der Waals surface area contributed by atoms with Gasteiger partial charge in [0.05, 0.1) is 6.21 Å². The molecule has 2 aromatic carbocycles. The van der Waals surface area contributed by atoms with Crippen molar-refractivity contribution in [2.75, 3.05) is 0 Å². The molecule has 0 radical (unpaired) electrons. The molecule has 1 aromatic heterocycles. The average molecular weight is 320 g/mol. The summed E-state index contributed by atoms with van der Waals surface area (Å²) >= 11 is 0. The van der Waals surface area contributed by atoms with Gasteiger partial charge in [0.15, 0.2) is 5.69 Å². The maximum absolute atomic E-state index is 11.8. The Kier molecular flexibility index (Phi) is 4.67. The molecule has 0 saturated carbocycles. The summed E-state index contributed by atoms with van der Waals surface area (Å²) in [7, 11) is 1.75. The van der Waals surface area contributed by atoms with Crippen LogP contribution >= 0.6 is 0 Å². The SMILES string of the molecule is Cn1ccc(C(=O)NN=Cc2cccc(Oc3ccccc3)c2)n1. The number of hydrogen-bond donors (Lipinski definition) is 1. The van der Waals surface area contributed by atoms with Gasteiger partial charge < -0.3 is 4.74 Å². The summed E-state index contributed by atoms with van der Waals surface area (Å²) in [5.74, 6) is 1.10. The molecule has 0 atom stereocenters. The minimum Gasteiger partial charge on any atom is -0.457 e. The van der Waals surface area contributed by atoms with Crippen LogP contribution in [0.2, 0.25) is 0 Å². The van der Waals surface area contributed by atoms with Crippen LogP contribution in [0.15, 0.2) is 72.0 Å². The van der Waals surface area contributed by atoms with Gasteiger partial charge in [0, 0.05) is 13.2 Å². The highest BCUT2D eigenvalue weighted by atomic mass is 16.5. The maximum Gasteiger partial charge on any atom is 0.291 e. The molecule has 1 N–H and O–H groups in total. The van der Waals surface area contributed by atoms with E-state index < -0.39 is 0 Å². The standard InChI is InChI=1S/C18H16N4O2/c1-22-11-10-17(21-22)18(23)20-19-13-14-6-5-9-16(12-14)24-15-7-3-2-4-8-15/h2-13H,1H3,(H,20,23). The van der Waals surface area contributed by atoms with Gasteiger partial charge >= 0.3 is 0 Å². The predicted octanol–water partition coefficient (Wildman–Crippen LogP) is 2.98. The zero-order valence-electron chi connectivity index (χ0n) is 13.1. The van der Waals surface area contributed by atoms with E-state index in [1.807, 2.05) is 54.6 Å². The number of nitrogens with one attached hydrogen (secondary N) is 1. The lowest BCUT2D eigenvalue weighted by atomic mass is 10.2. The molecule has 120 valence electrons. The first-order chi connectivity index (χ1) is 11.7. The zero-order chi connectivity index (χ0) is 16.8. The van der Waals surface area contributed by atoms with E-state index in [4.69, 9.17) is 4.74 Å². The Bertz CT molecular complexity index is 856. The molecule has 3 rings (SSSR count). The van der Waals surface area contributed by atoms with Crippen molar-refractivity contribution in [2.45, 2.75) is 0 Å². The van der Waals surface area contributed by atoms with Crippen molar-refractivity contribution in [3.63, 3.8) is 0 Å². The molecule has 1 heterocycles. The minimum absolute atomic E-state index is 0.316. The van der Waals surface area contributed by atoms with Gasteiger partial charge in [-0.15, -0.1) is 0 Å². The Hall–Kier alpha value is -3.41. The van der Waals surface area contributed by atoms with Crippen molar-refractivity contribution in [3.8, 4) is 11.5 Å². The fraction of sp³-hybridized carbons (Fsp3) is 0.0556. The Morgan fingerprint density at radius 2 is 1.92 bits per heavy atom. The summed E-state index contributed by atoms with van der Waals surface area (Å²) in [6.07, 6.45) is 3.25. The monoisotopic (exact) mass is 320 g/mol. The van der Waals surface area contributed by atoms with Crippen molar-refractivity contribution in [1.82, 2.24) is 15.2 Å². The van der Waals surface area contributed by atoms with E-state index in [1.54, 1.807) is 30.2 Å². The summed E-state index contributed by atoms with van der Waals surface area (Å²) in [4.78, 5) is 11.8. The van der Waals surface area contributed by atoms with Gasteiger partial charge in [0.25, 0.3) is 5.91 Å². The highest BCUT2D eigenvalue weighted by molar-refractivity contribution is 5.93. The fourth-order valence-corrected chi connectivity index (χ4v) is 2.04. The molecule has 0 bridgehead atoms. The molecule has 0 fully saturated rings. The number of aromatic nitrogens is 2. The minimum atomic E-state index is -0.358. The van der Waals surface area contributed by atoms with Gasteiger partial charge in [0.1, 0.15) is 11.5 Å². The van der Waals surface area contributed by atoms with Gasteiger partial charge in [0.2, 0.25) is 0 Å². The van der Waals surface area contributed by atoms with E-state index in [0.717, 1.165) is 11.3 Å². The molecule has 6 heteroatoms. The van der Waals surface area contributed by atoms with Crippen molar-refractivity contribution in [2.24, 2.45) is 12.1 Å². The van der Waals surface area contributed by atoms with E-state index in [9.17, 15) is 4.79 Å². The lowest BCUT2D eigenvalue weighted by molar-refractivity contribution is 0.0949. The zero-order valence-corrected chi connectivity index (χ0v) is 13.1. The molecule has 24 heavy (non-hydrogen) atoms. The summed E-state index contributed by atoms with van der Waals surface area (Å²) in [6.45, 7) is 0. The summed E-state index contributed by atoms with van der Waals surface area (Å²) in [5.41, 5.74) is 3.57. The fourth-order valence-electron chi connectivity index (χ4n) is 2.04. The van der Waals surface area contributed by atoms with Gasteiger partial charge in [-0.2, -0.15) is 10.2 Å². The second-order valence-corrected chi connectivity index (χ2v) is 5.06. The number of aryl methyl sites for hydroxylation is 1. The highest BCUT2D eigenvalue weighted by Gasteiger charge is 2.06. The molecule has 0 aliphatic carbocycles. The van der Waals surface area contributed by atoms with Crippen molar-refractivity contribution in [1.29, 1.82) is 0 Å². The van der Waals surface area contributed by atoms with Crippen molar-refractivity contribution in [3.05, 3.63) is 78.1 Å².